The number of nitrogens with one attached hydrogen (secondary N) is 2. The molecule has 0 aliphatic carbocycles. The van der Waals surface area contributed by atoms with E-state index >= 15 is 0 Å². The van der Waals surface area contributed by atoms with Crippen molar-refractivity contribution in [1.29, 1.82) is 0 Å². The Labute approximate surface area is 123 Å². The number of nitrogens with zero attached hydrogens (tertiary/aromatic N) is 1. The molecule has 0 saturated heterocycles. The first kappa shape index (κ1) is 15.0. The Morgan fingerprint density at radius 3 is 2.40 bits per heavy atom. The molecule has 5 nitrogen and oxygen atoms in total. The average Bonchev–Trinajstić information content (AvgIpc) is 2.88. The molecule has 0 aliphatic rings. The number of anilines is 1. The van der Waals surface area contributed by atoms with E-state index < -0.39 is 10.0 Å². The molecule has 0 unspecified atom stereocenters. The molecule has 0 atom stereocenters. The Kier molecular flexibility index (Phi) is 4.42. The molecule has 7 heteroatoms. The van der Waals surface area contributed by atoms with Crippen LogP contribution in [0.4, 0.5) is 5.69 Å². The predicted molar refractivity (Wildman–Crippen MR) is 81.6 cm³/mol. The number of rotatable bonds is 5. The average molecular weight is 311 g/mol. The molecule has 0 saturated carbocycles. The third kappa shape index (κ3) is 3.17. The van der Waals surface area contributed by atoms with Gasteiger partial charge in [0.2, 0.25) is 10.0 Å². The van der Waals surface area contributed by atoms with Crippen molar-refractivity contribution in [3.05, 3.63) is 39.8 Å². The SMILES string of the molecule is CNc1cc(C)c(S(=O)(=O)NCc2cscn2)c(C)c1. The van der Waals surface area contributed by atoms with Gasteiger partial charge in [0.15, 0.2) is 0 Å². The topological polar surface area (TPSA) is 71.1 Å². The fourth-order valence-electron chi connectivity index (χ4n) is 2.08. The summed E-state index contributed by atoms with van der Waals surface area (Å²) in [6.45, 7) is 3.80. The highest BCUT2D eigenvalue weighted by molar-refractivity contribution is 7.89. The second kappa shape index (κ2) is 5.90. The van der Waals surface area contributed by atoms with Crippen LogP contribution in [0, 0.1) is 13.8 Å². The number of aryl methyl sites for hydroxylation is 2. The van der Waals surface area contributed by atoms with Crippen molar-refractivity contribution >= 4 is 27.0 Å². The van der Waals surface area contributed by atoms with Crippen LogP contribution < -0.4 is 10.0 Å². The molecule has 0 radical (unpaired) electrons. The minimum absolute atomic E-state index is 0.207. The van der Waals surface area contributed by atoms with Gasteiger partial charge in [-0.3, -0.25) is 0 Å². The monoisotopic (exact) mass is 311 g/mol. The molecular weight excluding hydrogens is 294 g/mol. The van der Waals surface area contributed by atoms with E-state index in [4.69, 9.17) is 0 Å². The zero-order valence-electron chi connectivity index (χ0n) is 11.6. The van der Waals surface area contributed by atoms with Gasteiger partial charge in [-0.15, -0.1) is 11.3 Å². The highest BCUT2D eigenvalue weighted by Gasteiger charge is 2.20. The maximum atomic E-state index is 12.4. The Morgan fingerprint density at radius 2 is 1.90 bits per heavy atom. The zero-order valence-corrected chi connectivity index (χ0v) is 13.2. The van der Waals surface area contributed by atoms with Gasteiger partial charge in [0.05, 0.1) is 22.6 Å². The van der Waals surface area contributed by atoms with E-state index in [-0.39, 0.29) is 6.54 Å². The molecule has 2 N–H and O–H groups in total. The minimum atomic E-state index is -3.54. The van der Waals surface area contributed by atoms with Gasteiger partial charge in [-0.2, -0.15) is 0 Å². The second-order valence-electron chi connectivity index (χ2n) is 4.49. The van der Waals surface area contributed by atoms with E-state index in [0.29, 0.717) is 4.90 Å². The first-order chi connectivity index (χ1) is 9.44. The maximum absolute atomic E-state index is 12.4. The molecule has 108 valence electrons. The molecule has 0 aliphatic heterocycles. The number of sulfonamides is 1. The molecule has 0 bridgehead atoms. The number of benzene rings is 1. The van der Waals surface area contributed by atoms with Gasteiger partial charge < -0.3 is 5.32 Å². The minimum Gasteiger partial charge on any atom is -0.388 e. The van der Waals surface area contributed by atoms with Crippen LogP contribution in [0.1, 0.15) is 16.8 Å². The van der Waals surface area contributed by atoms with Crippen molar-refractivity contribution in [3.8, 4) is 0 Å². The number of hydrogen-bond acceptors (Lipinski definition) is 5. The summed E-state index contributed by atoms with van der Waals surface area (Å²) >= 11 is 1.44. The van der Waals surface area contributed by atoms with E-state index in [9.17, 15) is 8.42 Å². The van der Waals surface area contributed by atoms with E-state index in [0.717, 1.165) is 22.5 Å². The molecule has 2 aromatic rings. The van der Waals surface area contributed by atoms with Crippen LogP contribution >= 0.6 is 11.3 Å². The summed E-state index contributed by atoms with van der Waals surface area (Å²) in [5, 5.41) is 4.84. The number of hydrogen-bond donors (Lipinski definition) is 2. The molecule has 1 heterocycles. The fraction of sp³-hybridized carbons (Fsp3) is 0.308. The quantitative estimate of drug-likeness (QED) is 0.888. The zero-order chi connectivity index (χ0) is 14.8. The second-order valence-corrected chi connectivity index (χ2v) is 6.92. The van der Waals surface area contributed by atoms with Gasteiger partial charge in [0, 0.05) is 18.1 Å². The molecule has 1 aromatic carbocycles. The molecule has 2 rings (SSSR count). The molecule has 20 heavy (non-hydrogen) atoms. The highest BCUT2D eigenvalue weighted by atomic mass is 32.2. The normalized spacial score (nSPS) is 11.6. The van der Waals surface area contributed by atoms with Crippen LogP contribution in [0.25, 0.3) is 0 Å². The Bertz CT molecular complexity index is 671. The third-order valence-electron chi connectivity index (χ3n) is 2.94. The fourth-order valence-corrected chi connectivity index (χ4v) is 4.09. The smallest absolute Gasteiger partial charge is 0.241 e. The van der Waals surface area contributed by atoms with Crippen molar-refractivity contribution in [2.45, 2.75) is 25.3 Å². The van der Waals surface area contributed by atoms with Gasteiger partial charge in [0.25, 0.3) is 0 Å². The van der Waals surface area contributed by atoms with E-state index in [1.807, 2.05) is 24.6 Å². The number of thiazole rings is 1. The van der Waals surface area contributed by atoms with Crippen molar-refractivity contribution in [2.75, 3.05) is 12.4 Å². The van der Waals surface area contributed by atoms with Crippen LogP contribution in [0.5, 0.6) is 0 Å². The summed E-state index contributed by atoms with van der Waals surface area (Å²) in [5.74, 6) is 0. The van der Waals surface area contributed by atoms with Crippen LogP contribution in [0.2, 0.25) is 0 Å². The van der Waals surface area contributed by atoms with Crippen molar-refractivity contribution in [2.24, 2.45) is 0 Å². The summed E-state index contributed by atoms with van der Waals surface area (Å²) in [5.41, 5.74) is 4.75. The summed E-state index contributed by atoms with van der Waals surface area (Å²) in [6.07, 6.45) is 0. The lowest BCUT2D eigenvalue weighted by Crippen LogP contribution is -2.25. The Balaban J connectivity index is 2.29. The summed E-state index contributed by atoms with van der Waals surface area (Å²) in [4.78, 5) is 4.41. The van der Waals surface area contributed by atoms with E-state index in [1.54, 1.807) is 19.4 Å². The summed E-state index contributed by atoms with van der Waals surface area (Å²) in [7, 11) is -1.73. The highest BCUT2D eigenvalue weighted by Crippen LogP contribution is 2.24. The Hall–Kier alpha value is -1.44. The number of aromatic nitrogens is 1. The van der Waals surface area contributed by atoms with Gasteiger partial charge in [0.1, 0.15) is 0 Å². The molecule has 0 amide bonds. The Morgan fingerprint density at radius 1 is 1.25 bits per heavy atom. The molecule has 0 fully saturated rings. The van der Waals surface area contributed by atoms with Gasteiger partial charge in [-0.25, -0.2) is 18.1 Å². The lowest BCUT2D eigenvalue weighted by atomic mass is 10.1. The molecular formula is C13H17N3O2S2. The molecule has 1 aromatic heterocycles. The lowest BCUT2D eigenvalue weighted by molar-refractivity contribution is 0.579. The van der Waals surface area contributed by atoms with Crippen molar-refractivity contribution in [1.82, 2.24) is 9.71 Å². The van der Waals surface area contributed by atoms with Gasteiger partial charge >= 0.3 is 0 Å². The van der Waals surface area contributed by atoms with Crippen molar-refractivity contribution < 1.29 is 8.42 Å². The van der Waals surface area contributed by atoms with Crippen LogP contribution in [0.3, 0.4) is 0 Å². The van der Waals surface area contributed by atoms with Crippen LogP contribution in [0.15, 0.2) is 27.9 Å². The first-order valence-electron chi connectivity index (χ1n) is 6.10. The third-order valence-corrected chi connectivity index (χ3v) is 5.29. The van der Waals surface area contributed by atoms with Crippen molar-refractivity contribution in [3.63, 3.8) is 0 Å². The summed E-state index contributed by atoms with van der Waals surface area (Å²) in [6, 6.07) is 3.65. The first-order valence-corrected chi connectivity index (χ1v) is 8.52. The van der Waals surface area contributed by atoms with E-state index in [2.05, 4.69) is 15.0 Å². The van der Waals surface area contributed by atoms with Gasteiger partial charge in [-0.1, -0.05) is 0 Å². The predicted octanol–water partition coefficient (Wildman–Crippen LogP) is 2.28. The standard InChI is InChI=1S/C13H17N3O2S2/c1-9-4-11(14-3)5-10(2)13(9)20(17,18)16-6-12-7-19-8-15-12/h4-5,7-8,14,16H,6H2,1-3H3. The van der Waals surface area contributed by atoms with Crippen LogP contribution in [-0.4, -0.2) is 20.4 Å². The maximum Gasteiger partial charge on any atom is 0.241 e. The van der Waals surface area contributed by atoms with E-state index in [1.165, 1.54) is 11.3 Å². The lowest BCUT2D eigenvalue weighted by Gasteiger charge is -2.13. The molecule has 0 spiro atoms. The van der Waals surface area contributed by atoms with Crippen LogP contribution in [-0.2, 0) is 16.6 Å². The van der Waals surface area contributed by atoms with Gasteiger partial charge in [-0.05, 0) is 37.1 Å². The summed E-state index contributed by atoms with van der Waals surface area (Å²) < 4.78 is 27.4. The largest absolute Gasteiger partial charge is 0.388 e.